The summed E-state index contributed by atoms with van der Waals surface area (Å²) >= 11 is 3.58. The molecule has 1 nitrogen and oxygen atoms in total. The van der Waals surface area contributed by atoms with E-state index in [1.165, 1.54) is 10.8 Å². The Labute approximate surface area is 69.9 Å². The van der Waals surface area contributed by atoms with Crippen molar-refractivity contribution in [1.29, 1.82) is 0 Å². The highest BCUT2D eigenvalue weighted by Gasteiger charge is 2.02. The molecule has 0 amide bonds. The SMILES string of the molecule is CCC(C)Sc1nccs1. The second-order valence-corrected chi connectivity index (χ2v) is 4.71. The smallest absolute Gasteiger partial charge is 0.150 e. The number of nitrogens with zero attached hydrogens (tertiary/aromatic N) is 1. The minimum absolute atomic E-state index is 0.700. The zero-order valence-corrected chi connectivity index (χ0v) is 7.84. The molecule has 10 heavy (non-hydrogen) atoms. The van der Waals surface area contributed by atoms with Crippen molar-refractivity contribution >= 4 is 23.1 Å². The van der Waals surface area contributed by atoms with E-state index in [9.17, 15) is 0 Å². The standard InChI is InChI=1S/C7H11NS2/c1-3-6(2)10-7-8-4-5-9-7/h4-6H,3H2,1-2H3. The molecule has 0 fully saturated rings. The fraction of sp³-hybridized carbons (Fsp3) is 0.571. The quantitative estimate of drug-likeness (QED) is 0.652. The zero-order valence-electron chi connectivity index (χ0n) is 6.20. The topological polar surface area (TPSA) is 12.9 Å². The van der Waals surface area contributed by atoms with Gasteiger partial charge in [-0.3, -0.25) is 0 Å². The largest absolute Gasteiger partial charge is 0.238 e. The van der Waals surface area contributed by atoms with Gasteiger partial charge < -0.3 is 0 Å². The number of hydrogen-bond acceptors (Lipinski definition) is 3. The fourth-order valence-corrected chi connectivity index (χ4v) is 2.40. The maximum atomic E-state index is 4.19. The van der Waals surface area contributed by atoms with E-state index in [0.29, 0.717) is 5.25 Å². The van der Waals surface area contributed by atoms with Gasteiger partial charge in [-0.1, -0.05) is 25.6 Å². The molecular weight excluding hydrogens is 162 g/mol. The van der Waals surface area contributed by atoms with Crippen molar-refractivity contribution < 1.29 is 0 Å². The second kappa shape index (κ2) is 3.98. The molecule has 1 aromatic rings. The number of rotatable bonds is 3. The molecule has 0 spiro atoms. The van der Waals surface area contributed by atoms with Crippen LogP contribution in [0.4, 0.5) is 0 Å². The lowest BCUT2D eigenvalue weighted by atomic mass is 10.4. The Bertz CT molecular complexity index is 172. The van der Waals surface area contributed by atoms with Crippen molar-refractivity contribution in [2.45, 2.75) is 29.9 Å². The van der Waals surface area contributed by atoms with E-state index >= 15 is 0 Å². The molecular formula is C7H11NS2. The lowest BCUT2D eigenvalue weighted by Gasteiger charge is -2.02. The second-order valence-electron chi connectivity index (χ2n) is 2.13. The first kappa shape index (κ1) is 8.08. The predicted molar refractivity (Wildman–Crippen MR) is 47.7 cm³/mol. The highest BCUT2D eigenvalue weighted by atomic mass is 32.2. The van der Waals surface area contributed by atoms with Gasteiger partial charge in [0.1, 0.15) is 4.34 Å². The Hall–Kier alpha value is -0.0200. The molecule has 56 valence electrons. The molecule has 0 aromatic carbocycles. The first-order valence-corrected chi connectivity index (χ1v) is 5.15. The van der Waals surface area contributed by atoms with Gasteiger partial charge in [0.2, 0.25) is 0 Å². The summed E-state index contributed by atoms with van der Waals surface area (Å²) < 4.78 is 1.19. The number of hydrogen-bond donors (Lipinski definition) is 0. The van der Waals surface area contributed by atoms with Gasteiger partial charge >= 0.3 is 0 Å². The molecule has 0 aliphatic heterocycles. The summed E-state index contributed by atoms with van der Waals surface area (Å²) in [6, 6.07) is 0. The van der Waals surface area contributed by atoms with Crippen LogP contribution in [0.3, 0.4) is 0 Å². The van der Waals surface area contributed by atoms with E-state index in [1.54, 1.807) is 11.3 Å². The molecule has 1 unspecified atom stereocenters. The molecule has 0 radical (unpaired) electrons. The van der Waals surface area contributed by atoms with E-state index in [0.717, 1.165) is 0 Å². The molecule has 0 saturated carbocycles. The van der Waals surface area contributed by atoms with Crippen LogP contribution in [0.1, 0.15) is 20.3 Å². The average Bonchev–Trinajstić information content (AvgIpc) is 2.40. The molecule has 0 aliphatic carbocycles. The molecule has 0 saturated heterocycles. The molecule has 3 heteroatoms. The summed E-state index contributed by atoms with van der Waals surface area (Å²) in [5.41, 5.74) is 0. The highest BCUT2D eigenvalue weighted by molar-refractivity contribution is 8.01. The summed E-state index contributed by atoms with van der Waals surface area (Å²) in [4.78, 5) is 4.19. The van der Waals surface area contributed by atoms with Crippen LogP contribution in [0.15, 0.2) is 15.9 Å². The van der Waals surface area contributed by atoms with E-state index in [-0.39, 0.29) is 0 Å². The Morgan fingerprint density at radius 3 is 3.10 bits per heavy atom. The molecule has 0 aliphatic rings. The van der Waals surface area contributed by atoms with Crippen LogP contribution in [0, 0.1) is 0 Å². The Kier molecular flexibility index (Phi) is 3.22. The first-order valence-electron chi connectivity index (χ1n) is 3.39. The normalized spacial score (nSPS) is 13.4. The first-order chi connectivity index (χ1) is 4.83. The molecule has 1 heterocycles. The number of thiazole rings is 1. The van der Waals surface area contributed by atoms with Crippen LogP contribution in [0.25, 0.3) is 0 Å². The van der Waals surface area contributed by atoms with Crippen LogP contribution in [-0.4, -0.2) is 10.2 Å². The van der Waals surface area contributed by atoms with Gasteiger partial charge in [-0.05, 0) is 6.42 Å². The van der Waals surface area contributed by atoms with E-state index in [2.05, 4.69) is 18.8 Å². The minimum atomic E-state index is 0.700. The average molecular weight is 173 g/mol. The summed E-state index contributed by atoms with van der Waals surface area (Å²) in [6.45, 7) is 4.43. The summed E-state index contributed by atoms with van der Waals surface area (Å²) in [6.07, 6.45) is 3.07. The summed E-state index contributed by atoms with van der Waals surface area (Å²) in [7, 11) is 0. The zero-order chi connectivity index (χ0) is 7.40. The fourth-order valence-electron chi connectivity index (χ4n) is 0.524. The monoisotopic (exact) mass is 173 g/mol. The van der Waals surface area contributed by atoms with Crippen LogP contribution >= 0.6 is 23.1 Å². The van der Waals surface area contributed by atoms with Crippen molar-refractivity contribution in [3.05, 3.63) is 11.6 Å². The van der Waals surface area contributed by atoms with Gasteiger partial charge in [0.05, 0.1) is 0 Å². The molecule has 0 bridgehead atoms. The Balaban J connectivity index is 2.40. The maximum absolute atomic E-state index is 4.19. The Morgan fingerprint density at radius 1 is 1.80 bits per heavy atom. The van der Waals surface area contributed by atoms with Crippen LogP contribution in [0.5, 0.6) is 0 Å². The predicted octanol–water partition coefficient (Wildman–Crippen LogP) is 3.03. The van der Waals surface area contributed by atoms with Gasteiger partial charge in [0, 0.05) is 16.8 Å². The molecule has 0 N–H and O–H groups in total. The molecule has 1 aromatic heterocycles. The lowest BCUT2D eigenvalue weighted by Crippen LogP contribution is -1.90. The third kappa shape index (κ3) is 2.31. The van der Waals surface area contributed by atoms with Crippen molar-refractivity contribution in [2.24, 2.45) is 0 Å². The van der Waals surface area contributed by atoms with E-state index < -0.39 is 0 Å². The van der Waals surface area contributed by atoms with Gasteiger partial charge in [0.25, 0.3) is 0 Å². The summed E-state index contributed by atoms with van der Waals surface area (Å²) in [5, 5.41) is 2.72. The van der Waals surface area contributed by atoms with Crippen LogP contribution in [-0.2, 0) is 0 Å². The number of thioether (sulfide) groups is 1. The van der Waals surface area contributed by atoms with Crippen molar-refractivity contribution in [3.8, 4) is 0 Å². The van der Waals surface area contributed by atoms with Gasteiger partial charge in [0.15, 0.2) is 0 Å². The molecule has 1 atom stereocenters. The van der Waals surface area contributed by atoms with Gasteiger partial charge in [-0.2, -0.15) is 0 Å². The van der Waals surface area contributed by atoms with Crippen molar-refractivity contribution in [1.82, 2.24) is 4.98 Å². The van der Waals surface area contributed by atoms with E-state index in [4.69, 9.17) is 0 Å². The maximum Gasteiger partial charge on any atom is 0.150 e. The summed E-state index contributed by atoms with van der Waals surface area (Å²) in [5.74, 6) is 0. The lowest BCUT2D eigenvalue weighted by molar-refractivity contribution is 0.904. The molecule has 1 rings (SSSR count). The van der Waals surface area contributed by atoms with Gasteiger partial charge in [-0.15, -0.1) is 11.3 Å². The third-order valence-corrected chi connectivity index (χ3v) is 3.47. The highest BCUT2D eigenvalue weighted by Crippen LogP contribution is 2.26. The van der Waals surface area contributed by atoms with Crippen molar-refractivity contribution in [2.75, 3.05) is 0 Å². The third-order valence-electron chi connectivity index (χ3n) is 1.29. The van der Waals surface area contributed by atoms with Gasteiger partial charge in [-0.25, -0.2) is 4.98 Å². The number of aromatic nitrogens is 1. The van der Waals surface area contributed by atoms with Crippen molar-refractivity contribution in [3.63, 3.8) is 0 Å². The Morgan fingerprint density at radius 2 is 2.60 bits per heavy atom. The van der Waals surface area contributed by atoms with Crippen LogP contribution in [0.2, 0.25) is 0 Å². The van der Waals surface area contributed by atoms with Crippen LogP contribution < -0.4 is 0 Å². The van der Waals surface area contributed by atoms with E-state index in [1.807, 2.05) is 23.3 Å². The minimum Gasteiger partial charge on any atom is -0.238 e.